The molecule has 2 aliphatic rings. The minimum Gasteiger partial charge on any atom is -0.379 e. The number of morpholine rings is 1. The van der Waals surface area contributed by atoms with Gasteiger partial charge in [0.2, 0.25) is 0 Å². The maximum absolute atomic E-state index is 12.8. The Morgan fingerprint density at radius 2 is 1.86 bits per heavy atom. The molecule has 3 rings (SSSR count). The second kappa shape index (κ2) is 10.4. The lowest BCUT2D eigenvalue weighted by atomic mass is 9.92. The highest BCUT2D eigenvalue weighted by Crippen LogP contribution is 2.22. The van der Waals surface area contributed by atoms with Crippen molar-refractivity contribution in [3.8, 4) is 0 Å². The van der Waals surface area contributed by atoms with Gasteiger partial charge in [-0.15, -0.1) is 11.3 Å². The third kappa shape index (κ3) is 5.36. The lowest BCUT2D eigenvalue weighted by Crippen LogP contribution is -2.56. The van der Waals surface area contributed by atoms with Gasteiger partial charge in [-0.05, 0) is 12.8 Å². The molecular formula is C20H35N5O2S. The number of nitrogens with zero attached hydrogens (tertiary/aromatic N) is 4. The largest absolute Gasteiger partial charge is 0.379 e. The summed E-state index contributed by atoms with van der Waals surface area (Å²) in [4.78, 5) is 24.1. The molecule has 1 unspecified atom stereocenters. The zero-order valence-corrected chi connectivity index (χ0v) is 18.3. The quantitative estimate of drug-likeness (QED) is 0.749. The smallest absolute Gasteiger partial charge is 0.317 e. The van der Waals surface area contributed by atoms with E-state index < -0.39 is 0 Å². The molecule has 2 fully saturated rings. The van der Waals surface area contributed by atoms with Crippen LogP contribution in [-0.2, 0) is 4.74 Å². The fraction of sp³-hybridized carbons (Fsp3) is 0.800. The number of thiazole rings is 1. The molecule has 0 bridgehead atoms. The number of carbonyl (C=O) groups is 1. The number of rotatable bonds is 7. The van der Waals surface area contributed by atoms with Crippen molar-refractivity contribution in [3.05, 3.63) is 11.1 Å². The van der Waals surface area contributed by atoms with Gasteiger partial charge in [0.1, 0.15) is 0 Å². The Labute approximate surface area is 173 Å². The number of piperazine rings is 1. The average molecular weight is 410 g/mol. The van der Waals surface area contributed by atoms with E-state index in [1.165, 1.54) is 0 Å². The predicted molar refractivity (Wildman–Crippen MR) is 114 cm³/mol. The standard InChI is InChI=1S/C20H35N5O2S/c1-4-17(5-2)18(23-10-12-27-13-11-23)14-21-19(26)24-6-8-25(9-7-24)20-22-16(3)15-28-20/h15,17-18H,4-14H2,1-3H3,(H,21,26). The van der Waals surface area contributed by atoms with E-state index in [0.29, 0.717) is 12.0 Å². The van der Waals surface area contributed by atoms with Crippen LogP contribution in [-0.4, -0.2) is 85.9 Å². The summed E-state index contributed by atoms with van der Waals surface area (Å²) in [5, 5.41) is 6.38. The molecule has 2 aliphatic heterocycles. The summed E-state index contributed by atoms with van der Waals surface area (Å²) in [6.07, 6.45) is 2.28. The molecule has 2 saturated heterocycles. The maximum Gasteiger partial charge on any atom is 0.317 e. The zero-order valence-electron chi connectivity index (χ0n) is 17.5. The van der Waals surface area contributed by atoms with Crippen LogP contribution in [0.15, 0.2) is 5.38 Å². The lowest BCUT2D eigenvalue weighted by molar-refractivity contribution is 0.00210. The van der Waals surface area contributed by atoms with Crippen molar-refractivity contribution < 1.29 is 9.53 Å². The maximum atomic E-state index is 12.8. The van der Waals surface area contributed by atoms with Gasteiger partial charge in [-0.1, -0.05) is 26.7 Å². The third-order valence-corrected chi connectivity index (χ3v) is 7.03. The molecule has 2 amide bonds. The van der Waals surface area contributed by atoms with Crippen LogP contribution in [0.5, 0.6) is 0 Å². The summed E-state index contributed by atoms with van der Waals surface area (Å²) >= 11 is 1.68. The molecule has 158 valence electrons. The van der Waals surface area contributed by atoms with Crippen molar-refractivity contribution in [3.63, 3.8) is 0 Å². The van der Waals surface area contributed by atoms with E-state index in [1.54, 1.807) is 11.3 Å². The summed E-state index contributed by atoms with van der Waals surface area (Å²) in [5.41, 5.74) is 1.07. The summed E-state index contributed by atoms with van der Waals surface area (Å²) < 4.78 is 5.52. The first kappa shape index (κ1) is 21.3. The topological polar surface area (TPSA) is 60.9 Å². The molecular weight excluding hydrogens is 374 g/mol. The van der Waals surface area contributed by atoms with E-state index in [0.717, 1.165) is 82.7 Å². The van der Waals surface area contributed by atoms with Crippen LogP contribution in [0.25, 0.3) is 0 Å². The van der Waals surface area contributed by atoms with E-state index in [2.05, 4.69) is 39.3 Å². The summed E-state index contributed by atoms with van der Waals surface area (Å²) in [6, 6.07) is 0.460. The number of urea groups is 1. The molecule has 28 heavy (non-hydrogen) atoms. The van der Waals surface area contributed by atoms with E-state index >= 15 is 0 Å². The van der Waals surface area contributed by atoms with Crippen molar-refractivity contribution in [2.75, 3.05) is 63.9 Å². The Hall–Kier alpha value is -1.38. The van der Waals surface area contributed by atoms with E-state index in [1.807, 2.05) is 11.8 Å². The first-order valence-electron chi connectivity index (χ1n) is 10.6. The number of anilines is 1. The molecule has 7 nitrogen and oxygen atoms in total. The van der Waals surface area contributed by atoms with Crippen LogP contribution in [0.4, 0.5) is 9.93 Å². The number of amides is 2. The van der Waals surface area contributed by atoms with Crippen molar-refractivity contribution in [2.45, 2.75) is 39.7 Å². The number of carbonyl (C=O) groups excluding carboxylic acids is 1. The highest BCUT2D eigenvalue weighted by atomic mass is 32.1. The van der Waals surface area contributed by atoms with Gasteiger partial charge in [-0.2, -0.15) is 0 Å². The lowest BCUT2D eigenvalue weighted by Gasteiger charge is -2.39. The molecule has 1 aromatic rings. The summed E-state index contributed by atoms with van der Waals surface area (Å²) in [6.45, 7) is 13.9. The SMILES string of the molecule is CCC(CC)C(CNC(=O)N1CCN(c2nc(C)cs2)CC1)N1CCOCC1. The van der Waals surface area contributed by atoms with Crippen LogP contribution in [0, 0.1) is 12.8 Å². The van der Waals surface area contributed by atoms with Gasteiger partial charge in [0.25, 0.3) is 0 Å². The minimum absolute atomic E-state index is 0.0687. The number of nitrogens with one attached hydrogen (secondary N) is 1. The van der Waals surface area contributed by atoms with Crippen molar-refractivity contribution in [1.82, 2.24) is 20.1 Å². The second-order valence-corrected chi connectivity index (χ2v) is 8.56. The number of ether oxygens (including phenoxy) is 1. The monoisotopic (exact) mass is 409 g/mol. The van der Waals surface area contributed by atoms with Crippen molar-refractivity contribution in [1.29, 1.82) is 0 Å². The highest BCUT2D eigenvalue weighted by molar-refractivity contribution is 7.13. The molecule has 8 heteroatoms. The average Bonchev–Trinajstić information content (AvgIpc) is 3.18. The Morgan fingerprint density at radius 1 is 1.18 bits per heavy atom. The molecule has 0 spiro atoms. The van der Waals surface area contributed by atoms with Gasteiger partial charge >= 0.3 is 6.03 Å². The third-order valence-electron chi connectivity index (χ3n) is 6.01. The fourth-order valence-electron chi connectivity index (χ4n) is 4.23. The first-order valence-corrected chi connectivity index (χ1v) is 11.5. The van der Waals surface area contributed by atoms with Crippen LogP contribution in [0.3, 0.4) is 0 Å². The Balaban J connectivity index is 1.50. The first-order chi connectivity index (χ1) is 13.6. The molecule has 3 heterocycles. The molecule has 0 saturated carbocycles. The summed E-state index contributed by atoms with van der Waals surface area (Å²) in [7, 11) is 0. The Kier molecular flexibility index (Phi) is 7.93. The number of hydrogen-bond acceptors (Lipinski definition) is 6. The fourth-order valence-corrected chi connectivity index (χ4v) is 5.08. The molecule has 1 N–H and O–H groups in total. The van der Waals surface area contributed by atoms with Crippen LogP contribution < -0.4 is 10.2 Å². The molecule has 0 aromatic carbocycles. The van der Waals surface area contributed by atoms with Gasteiger partial charge in [0.05, 0.1) is 18.9 Å². The van der Waals surface area contributed by atoms with Crippen LogP contribution in [0.1, 0.15) is 32.4 Å². The van der Waals surface area contributed by atoms with Crippen LogP contribution in [0.2, 0.25) is 0 Å². The van der Waals surface area contributed by atoms with Gasteiger partial charge in [-0.3, -0.25) is 4.90 Å². The zero-order chi connectivity index (χ0) is 19.9. The van der Waals surface area contributed by atoms with Crippen LogP contribution >= 0.6 is 11.3 Å². The van der Waals surface area contributed by atoms with Crippen molar-refractivity contribution >= 4 is 22.5 Å². The number of hydrogen-bond donors (Lipinski definition) is 1. The van der Waals surface area contributed by atoms with Gasteiger partial charge < -0.3 is 19.9 Å². The summed E-state index contributed by atoms with van der Waals surface area (Å²) in [5.74, 6) is 0.600. The molecule has 0 radical (unpaired) electrons. The van der Waals surface area contributed by atoms with Gasteiger partial charge in [0.15, 0.2) is 5.13 Å². The predicted octanol–water partition coefficient (Wildman–Crippen LogP) is 2.42. The van der Waals surface area contributed by atoms with Crippen molar-refractivity contribution in [2.24, 2.45) is 5.92 Å². The van der Waals surface area contributed by atoms with E-state index in [-0.39, 0.29) is 6.03 Å². The van der Waals surface area contributed by atoms with E-state index in [9.17, 15) is 4.79 Å². The minimum atomic E-state index is 0.0687. The Bertz CT molecular complexity index is 607. The molecule has 1 aromatic heterocycles. The molecule has 1 atom stereocenters. The molecule has 0 aliphatic carbocycles. The second-order valence-electron chi connectivity index (χ2n) is 7.72. The number of aryl methyl sites for hydroxylation is 1. The Morgan fingerprint density at radius 3 is 2.43 bits per heavy atom. The van der Waals surface area contributed by atoms with Gasteiger partial charge in [-0.25, -0.2) is 9.78 Å². The normalized spacial score (nSPS) is 19.9. The van der Waals surface area contributed by atoms with Gasteiger partial charge in [0, 0.05) is 57.2 Å². The van der Waals surface area contributed by atoms with E-state index in [4.69, 9.17) is 4.74 Å². The highest BCUT2D eigenvalue weighted by Gasteiger charge is 2.29. The number of aromatic nitrogens is 1.